The van der Waals surface area contributed by atoms with Crippen molar-refractivity contribution in [1.82, 2.24) is 14.6 Å². The number of nitrogens with two attached hydrogens (primary N) is 1. The summed E-state index contributed by atoms with van der Waals surface area (Å²) in [6, 6.07) is 10.7. The van der Waals surface area contributed by atoms with E-state index in [1.165, 1.54) is 16.8 Å². The van der Waals surface area contributed by atoms with Crippen LogP contribution in [0, 0.1) is 5.41 Å². The van der Waals surface area contributed by atoms with E-state index >= 15 is 0 Å². The Morgan fingerprint density at radius 1 is 1.32 bits per heavy atom. The van der Waals surface area contributed by atoms with Crippen LogP contribution in [-0.4, -0.2) is 62.7 Å². The lowest BCUT2D eigenvalue weighted by molar-refractivity contribution is -0.119. The maximum atomic E-state index is 13.5. The Labute approximate surface area is 219 Å². The van der Waals surface area contributed by atoms with Gasteiger partial charge in [-0.2, -0.15) is 4.98 Å². The van der Waals surface area contributed by atoms with Crippen molar-refractivity contribution in [2.45, 2.75) is 45.2 Å². The molecule has 1 aliphatic heterocycles. The number of anilines is 1. The minimum absolute atomic E-state index is 0.0693. The second-order valence-corrected chi connectivity index (χ2v) is 12.0. The molecule has 5 N–H and O–H groups in total. The zero-order valence-electron chi connectivity index (χ0n) is 20.7. The van der Waals surface area contributed by atoms with Gasteiger partial charge in [0.1, 0.15) is 18.1 Å². The molecule has 2 aromatic rings. The molecule has 12 nitrogen and oxygen atoms in total. The second-order valence-electron chi connectivity index (χ2n) is 9.10. The van der Waals surface area contributed by atoms with Gasteiger partial charge in [0, 0.05) is 24.9 Å². The Hall–Kier alpha value is -2.09. The van der Waals surface area contributed by atoms with Crippen molar-refractivity contribution >= 4 is 30.4 Å². The molecule has 0 radical (unpaired) electrons. The number of ether oxygens (including phenoxy) is 1. The van der Waals surface area contributed by atoms with Crippen LogP contribution in [0.4, 0.5) is 5.82 Å². The molecule has 0 aliphatic carbocycles. The zero-order chi connectivity index (χ0) is 27.1. The van der Waals surface area contributed by atoms with Crippen LogP contribution in [0.5, 0.6) is 0 Å². The summed E-state index contributed by atoms with van der Waals surface area (Å²) in [4.78, 5) is 28.0. The van der Waals surface area contributed by atoms with E-state index in [1.807, 2.05) is 30.3 Å². The number of carbonyl (C=O) groups excluding carboxylic acids is 1. The highest BCUT2D eigenvalue weighted by Crippen LogP contribution is 2.45. The fourth-order valence-corrected chi connectivity index (χ4v) is 5.56. The number of rotatable bonds is 13. The molecule has 3 rings (SSSR count). The number of hydrogen-bond acceptors (Lipinski definition) is 11. The highest BCUT2D eigenvalue weighted by atomic mass is 32.2. The van der Waals surface area contributed by atoms with Gasteiger partial charge in [0.2, 0.25) is 0 Å². The van der Waals surface area contributed by atoms with Gasteiger partial charge >= 0.3 is 13.4 Å². The van der Waals surface area contributed by atoms with Crippen molar-refractivity contribution in [3.63, 3.8) is 0 Å². The third kappa shape index (κ3) is 8.45. The number of carbonyl (C=O) groups is 1. The van der Waals surface area contributed by atoms with Crippen LogP contribution in [-0.2, 0) is 29.7 Å². The number of hydrogen-bond donors (Lipinski definition) is 4. The van der Waals surface area contributed by atoms with Crippen LogP contribution in [0.15, 0.2) is 47.4 Å². The van der Waals surface area contributed by atoms with Crippen LogP contribution in [0.3, 0.4) is 0 Å². The normalized spacial score (nSPS) is 21.6. The van der Waals surface area contributed by atoms with Crippen molar-refractivity contribution in [3.05, 3.63) is 58.6 Å². The van der Waals surface area contributed by atoms with Crippen molar-refractivity contribution in [2.75, 3.05) is 31.3 Å². The van der Waals surface area contributed by atoms with Gasteiger partial charge < -0.3 is 20.7 Å². The average Bonchev–Trinajstić information content (AvgIpc) is 3.24. The smallest absolute Gasteiger partial charge is 0.395 e. The maximum absolute atomic E-state index is 13.5. The van der Waals surface area contributed by atoms with Crippen LogP contribution in [0.1, 0.15) is 32.1 Å². The molecule has 1 fully saturated rings. The molecule has 0 bridgehead atoms. The number of benzene rings is 1. The Morgan fingerprint density at radius 2 is 2.05 bits per heavy atom. The topological polar surface area (TPSA) is 175 Å². The third-order valence-electron chi connectivity index (χ3n) is 5.62. The van der Waals surface area contributed by atoms with Crippen molar-refractivity contribution in [1.29, 1.82) is 0 Å². The summed E-state index contributed by atoms with van der Waals surface area (Å²) in [5.74, 6) is 0.266. The van der Waals surface area contributed by atoms with E-state index in [4.69, 9.17) is 19.5 Å². The minimum atomic E-state index is -3.89. The van der Waals surface area contributed by atoms with Gasteiger partial charge in [0.15, 0.2) is 5.12 Å². The predicted molar refractivity (Wildman–Crippen MR) is 139 cm³/mol. The van der Waals surface area contributed by atoms with E-state index in [0.29, 0.717) is 0 Å². The fraction of sp³-hybridized carbons (Fsp3) is 0.522. The molecule has 204 valence electrons. The zero-order valence-corrected chi connectivity index (χ0v) is 22.4. The van der Waals surface area contributed by atoms with Crippen LogP contribution in [0.2, 0.25) is 0 Å². The molecule has 3 unspecified atom stereocenters. The molecule has 2 heterocycles. The maximum Gasteiger partial charge on any atom is 0.405 e. The SMILES string of the molecule is CC(C)(CO)C(=O)SCCOP(=O)(NCc1ccccc1)OCC1O[C@H](n2ccc(N)nc2=O)CC1O. The lowest BCUT2D eigenvalue weighted by Crippen LogP contribution is -2.29. The van der Waals surface area contributed by atoms with Gasteiger partial charge in [0.25, 0.3) is 0 Å². The van der Waals surface area contributed by atoms with E-state index in [2.05, 4.69) is 10.1 Å². The number of nitrogens with zero attached hydrogens (tertiary/aromatic N) is 2. The lowest BCUT2D eigenvalue weighted by Gasteiger charge is -2.23. The van der Waals surface area contributed by atoms with Crippen molar-refractivity contribution < 1.29 is 33.4 Å². The van der Waals surface area contributed by atoms with Crippen molar-refractivity contribution in [3.8, 4) is 0 Å². The van der Waals surface area contributed by atoms with Crippen molar-refractivity contribution in [2.24, 2.45) is 5.41 Å². The van der Waals surface area contributed by atoms with Gasteiger partial charge in [0.05, 0.1) is 31.3 Å². The van der Waals surface area contributed by atoms with Gasteiger partial charge in [-0.15, -0.1) is 0 Å². The molecule has 1 aromatic heterocycles. The molecule has 0 saturated carbocycles. The molecule has 1 aliphatic rings. The quantitative estimate of drug-likeness (QED) is 0.208. The second kappa shape index (κ2) is 13.1. The molecule has 14 heteroatoms. The summed E-state index contributed by atoms with van der Waals surface area (Å²) >= 11 is 0.967. The summed E-state index contributed by atoms with van der Waals surface area (Å²) in [5.41, 5.74) is 4.85. The minimum Gasteiger partial charge on any atom is -0.395 e. The molecular weight excluding hydrogens is 523 g/mol. The molecular formula is C23H33N4O8PS. The van der Waals surface area contributed by atoms with Crippen LogP contribution in [0.25, 0.3) is 0 Å². The number of aromatic nitrogens is 2. The van der Waals surface area contributed by atoms with Crippen LogP contribution < -0.4 is 16.5 Å². The van der Waals surface area contributed by atoms with E-state index in [9.17, 15) is 24.4 Å². The number of nitrogen functional groups attached to an aromatic ring is 1. The third-order valence-corrected chi connectivity index (χ3v) is 8.36. The van der Waals surface area contributed by atoms with E-state index in [0.717, 1.165) is 17.3 Å². The highest BCUT2D eigenvalue weighted by Gasteiger charge is 2.38. The first-order chi connectivity index (χ1) is 17.5. The number of nitrogens with one attached hydrogen (secondary N) is 1. The molecule has 1 saturated heterocycles. The first-order valence-corrected chi connectivity index (χ1v) is 14.2. The summed E-state index contributed by atoms with van der Waals surface area (Å²) in [7, 11) is -3.89. The Kier molecular flexibility index (Phi) is 10.4. The largest absolute Gasteiger partial charge is 0.405 e. The molecule has 1 aromatic carbocycles. The predicted octanol–water partition coefficient (Wildman–Crippen LogP) is 1.68. The lowest BCUT2D eigenvalue weighted by atomic mass is 9.97. The van der Waals surface area contributed by atoms with Gasteiger partial charge in [-0.05, 0) is 25.5 Å². The van der Waals surface area contributed by atoms with Gasteiger partial charge in [-0.1, -0.05) is 42.1 Å². The number of aliphatic hydroxyl groups is 2. The average molecular weight is 557 g/mol. The first-order valence-electron chi connectivity index (χ1n) is 11.7. The van der Waals surface area contributed by atoms with Crippen LogP contribution >= 0.6 is 19.5 Å². The molecule has 0 spiro atoms. The summed E-state index contributed by atoms with van der Waals surface area (Å²) in [6.07, 6.45) is -1.14. The Morgan fingerprint density at radius 3 is 2.73 bits per heavy atom. The molecule has 0 amide bonds. The van der Waals surface area contributed by atoms with E-state index < -0.39 is 37.3 Å². The van der Waals surface area contributed by atoms with Gasteiger partial charge in [-0.25, -0.2) is 14.4 Å². The monoisotopic (exact) mass is 556 g/mol. The number of thioether (sulfide) groups is 1. The first kappa shape index (κ1) is 29.5. The Balaban J connectivity index is 1.60. The standard InChI is InChI=1S/C23H33N4O8PS/c1-23(2,15-28)21(30)37-11-10-33-36(32,25-13-16-6-4-3-5-7-16)34-14-18-17(29)12-20(35-18)27-9-8-19(24)26-22(27)31/h3-9,17-18,20,28-29H,10-15H2,1-2H3,(H,25,32)(H2,24,26,31)/t17?,18?,20-,36?/m0/s1. The molecule has 4 atom stereocenters. The number of aliphatic hydroxyl groups excluding tert-OH is 2. The highest BCUT2D eigenvalue weighted by molar-refractivity contribution is 8.13. The Bertz CT molecular complexity index is 1150. The molecule has 37 heavy (non-hydrogen) atoms. The van der Waals surface area contributed by atoms with E-state index in [1.54, 1.807) is 13.8 Å². The summed E-state index contributed by atoms with van der Waals surface area (Å²) in [5, 5.41) is 22.4. The summed E-state index contributed by atoms with van der Waals surface area (Å²) < 4.78 is 31.6. The summed E-state index contributed by atoms with van der Waals surface area (Å²) in [6.45, 7) is 2.81. The fourth-order valence-electron chi connectivity index (χ4n) is 3.32. The van der Waals surface area contributed by atoms with E-state index in [-0.39, 0.29) is 49.5 Å². The van der Waals surface area contributed by atoms with Gasteiger partial charge in [-0.3, -0.25) is 18.4 Å².